The van der Waals surface area contributed by atoms with Crippen LogP contribution in [0.2, 0.25) is 0 Å². The standard InChI is InChI=1S/C23H30N4O4/c1-23(2,3)14-19(29)27-11-9-26(10-12-27)18(28)13-17-20(22(24)30)21(31-4)15-7-5-6-8-16(15)25-17/h5-8H,9-14H2,1-4H3,(H2,24,30). The molecule has 0 spiro atoms. The molecule has 8 nitrogen and oxygen atoms in total. The van der Waals surface area contributed by atoms with E-state index in [1.807, 2.05) is 32.9 Å². The average molecular weight is 427 g/mol. The molecule has 31 heavy (non-hydrogen) atoms. The molecule has 2 heterocycles. The zero-order valence-corrected chi connectivity index (χ0v) is 18.6. The molecule has 166 valence electrons. The quantitative estimate of drug-likeness (QED) is 0.787. The number of amides is 3. The van der Waals surface area contributed by atoms with Gasteiger partial charge in [-0.2, -0.15) is 0 Å². The van der Waals surface area contributed by atoms with Gasteiger partial charge >= 0.3 is 0 Å². The van der Waals surface area contributed by atoms with Gasteiger partial charge in [-0.15, -0.1) is 0 Å². The summed E-state index contributed by atoms with van der Waals surface area (Å²) >= 11 is 0. The third-order valence-corrected chi connectivity index (χ3v) is 5.36. The molecular formula is C23H30N4O4. The zero-order valence-electron chi connectivity index (χ0n) is 18.6. The fraction of sp³-hybridized carbons (Fsp3) is 0.478. The number of hydrogen-bond acceptors (Lipinski definition) is 5. The van der Waals surface area contributed by atoms with E-state index in [0.29, 0.717) is 54.9 Å². The molecule has 0 radical (unpaired) electrons. The van der Waals surface area contributed by atoms with E-state index in [4.69, 9.17) is 10.5 Å². The monoisotopic (exact) mass is 426 g/mol. The minimum Gasteiger partial charge on any atom is -0.495 e. The van der Waals surface area contributed by atoms with Crippen LogP contribution >= 0.6 is 0 Å². The highest BCUT2D eigenvalue weighted by molar-refractivity contribution is 6.03. The molecule has 0 unspecified atom stereocenters. The maximum Gasteiger partial charge on any atom is 0.254 e. The molecule has 1 aromatic carbocycles. The van der Waals surface area contributed by atoms with Gasteiger partial charge in [-0.05, 0) is 17.5 Å². The Morgan fingerprint density at radius 3 is 2.16 bits per heavy atom. The first-order valence-corrected chi connectivity index (χ1v) is 10.4. The van der Waals surface area contributed by atoms with Crippen molar-refractivity contribution in [1.82, 2.24) is 14.8 Å². The van der Waals surface area contributed by atoms with Crippen molar-refractivity contribution >= 4 is 28.6 Å². The van der Waals surface area contributed by atoms with Crippen LogP contribution in [0.25, 0.3) is 10.9 Å². The molecule has 2 N–H and O–H groups in total. The first-order chi connectivity index (χ1) is 14.6. The van der Waals surface area contributed by atoms with Gasteiger partial charge in [0.15, 0.2) is 0 Å². The molecule has 1 fully saturated rings. The van der Waals surface area contributed by atoms with Gasteiger partial charge in [0.05, 0.1) is 24.7 Å². The summed E-state index contributed by atoms with van der Waals surface area (Å²) in [5, 5.41) is 0.668. The first kappa shape index (κ1) is 22.5. The van der Waals surface area contributed by atoms with Crippen LogP contribution in [0.15, 0.2) is 24.3 Å². The molecule has 3 amide bonds. The smallest absolute Gasteiger partial charge is 0.254 e. The van der Waals surface area contributed by atoms with Crippen molar-refractivity contribution in [2.24, 2.45) is 11.1 Å². The molecule has 1 saturated heterocycles. The third-order valence-electron chi connectivity index (χ3n) is 5.36. The number of aromatic nitrogens is 1. The Morgan fingerprint density at radius 1 is 1.03 bits per heavy atom. The Morgan fingerprint density at radius 2 is 1.61 bits per heavy atom. The molecule has 8 heteroatoms. The van der Waals surface area contributed by atoms with Crippen LogP contribution in [0.3, 0.4) is 0 Å². The van der Waals surface area contributed by atoms with Crippen molar-refractivity contribution in [3.63, 3.8) is 0 Å². The summed E-state index contributed by atoms with van der Waals surface area (Å²) < 4.78 is 5.46. The largest absolute Gasteiger partial charge is 0.495 e. The summed E-state index contributed by atoms with van der Waals surface area (Å²) in [6.45, 7) is 8.00. The Kier molecular flexibility index (Phi) is 6.48. The predicted octanol–water partition coefficient (Wildman–Crippen LogP) is 1.99. The molecule has 2 aromatic rings. The van der Waals surface area contributed by atoms with E-state index in [0.717, 1.165) is 0 Å². The number of nitrogens with zero attached hydrogens (tertiary/aromatic N) is 3. The number of pyridine rings is 1. The van der Waals surface area contributed by atoms with Crippen LogP contribution in [0.1, 0.15) is 43.2 Å². The van der Waals surface area contributed by atoms with Crippen LogP contribution in [-0.4, -0.2) is 65.8 Å². The molecule has 1 aliphatic heterocycles. The maximum absolute atomic E-state index is 13.0. The maximum atomic E-state index is 13.0. The topological polar surface area (TPSA) is 106 Å². The van der Waals surface area contributed by atoms with Gasteiger partial charge in [0.2, 0.25) is 11.8 Å². The Labute approximate surface area is 182 Å². The summed E-state index contributed by atoms with van der Waals surface area (Å²) in [6, 6.07) is 7.25. The molecule has 3 rings (SSSR count). The summed E-state index contributed by atoms with van der Waals surface area (Å²) in [5.74, 6) is -0.402. The van der Waals surface area contributed by atoms with Gasteiger partial charge in [-0.25, -0.2) is 0 Å². The van der Waals surface area contributed by atoms with Crippen molar-refractivity contribution in [1.29, 1.82) is 0 Å². The number of fused-ring (bicyclic) bond motifs is 1. The SMILES string of the molecule is COc1c(C(N)=O)c(CC(=O)N2CCN(C(=O)CC(C)(C)C)CC2)nc2ccccc12. The third kappa shape index (κ3) is 5.13. The Hall–Kier alpha value is -3.16. The lowest BCUT2D eigenvalue weighted by Crippen LogP contribution is -2.51. The predicted molar refractivity (Wildman–Crippen MR) is 118 cm³/mol. The van der Waals surface area contributed by atoms with Gasteiger partial charge < -0.3 is 20.3 Å². The second-order valence-corrected chi connectivity index (χ2v) is 9.02. The number of benzene rings is 1. The highest BCUT2D eigenvalue weighted by Gasteiger charge is 2.28. The second-order valence-electron chi connectivity index (χ2n) is 9.02. The van der Waals surface area contributed by atoms with E-state index in [-0.39, 0.29) is 29.2 Å². The summed E-state index contributed by atoms with van der Waals surface area (Å²) in [7, 11) is 1.47. The number of ether oxygens (including phenoxy) is 1. The van der Waals surface area contributed by atoms with E-state index < -0.39 is 5.91 Å². The summed E-state index contributed by atoms with van der Waals surface area (Å²) in [6.07, 6.45) is 0.416. The van der Waals surface area contributed by atoms with Gasteiger partial charge in [-0.1, -0.05) is 32.9 Å². The summed E-state index contributed by atoms with van der Waals surface area (Å²) in [5.41, 5.74) is 6.60. The van der Waals surface area contributed by atoms with Gasteiger partial charge in [0.1, 0.15) is 11.3 Å². The molecule has 1 aliphatic rings. The number of methoxy groups -OCH3 is 1. The van der Waals surface area contributed by atoms with Crippen molar-refractivity contribution in [2.45, 2.75) is 33.6 Å². The number of carbonyl (C=O) groups is 3. The first-order valence-electron chi connectivity index (χ1n) is 10.4. The molecule has 0 bridgehead atoms. The lowest BCUT2D eigenvalue weighted by molar-refractivity contribution is -0.140. The minimum absolute atomic E-state index is 0.0601. The fourth-order valence-corrected chi connectivity index (χ4v) is 3.85. The fourth-order valence-electron chi connectivity index (χ4n) is 3.85. The van der Waals surface area contributed by atoms with Crippen LogP contribution in [0, 0.1) is 5.41 Å². The van der Waals surface area contributed by atoms with Crippen LogP contribution in [0.5, 0.6) is 5.75 Å². The van der Waals surface area contributed by atoms with Gasteiger partial charge in [-0.3, -0.25) is 19.4 Å². The van der Waals surface area contributed by atoms with E-state index >= 15 is 0 Å². The molecule has 1 aromatic heterocycles. The number of piperazine rings is 1. The van der Waals surface area contributed by atoms with Gasteiger partial charge in [0, 0.05) is 38.0 Å². The molecule has 0 aliphatic carbocycles. The Balaban J connectivity index is 1.76. The van der Waals surface area contributed by atoms with Crippen molar-refractivity contribution < 1.29 is 19.1 Å². The highest BCUT2D eigenvalue weighted by Crippen LogP contribution is 2.31. The molecule has 0 atom stereocenters. The van der Waals surface area contributed by atoms with Gasteiger partial charge in [0.25, 0.3) is 5.91 Å². The molecule has 0 saturated carbocycles. The lowest BCUT2D eigenvalue weighted by Gasteiger charge is -2.36. The number of para-hydroxylation sites is 1. The lowest BCUT2D eigenvalue weighted by atomic mass is 9.91. The number of primary amides is 1. The van der Waals surface area contributed by atoms with E-state index in [1.54, 1.807) is 21.9 Å². The number of hydrogen-bond donors (Lipinski definition) is 1. The molecular weight excluding hydrogens is 396 g/mol. The van der Waals surface area contributed by atoms with E-state index in [9.17, 15) is 14.4 Å². The highest BCUT2D eigenvalue weighted by atomic mass is 16.5. The summed E-state index contributed by atoms with van der Waals surface area (Å²) in [4.78, 5) is 45.6. The number of nitrogens with two attached hydrogens (primary N) is 1. The number of rotatable bonds is 5. The van der Waals surface area contributed by atoms with Crippen LogP contribution in [-0.2, 0) is 16.0 Å². The van der Waals surface area contributed by atoms with Crippen LogP contribution < -0.4 is 10.5 Å². The van der Waals surface area contributed by atoms with Crippen molar-refractivity contribution in [3.8, 4) is 5.75 Å². The second kappa shape index (κ2) is 8.91. The Bertz CT molecular complexity index is 1000. The number of carbonyl (C=O) groups excluding carboxylic acids is 3. The van der Waals surface area contributed by atoms with Crippen molar-refractivity contribution in [2.75, 3.05) is 33.3 Å². The van der Waals surface area contributed by atoms with E-state index in [1.165, 1.54) is 7.11 Å². The van der Waals surface area contributed by atoms with Crippen LogP contribution in [0.4, 0.5) is 0 Å². The van der Waals surface area contributed by atoms with E-state index in [2.05, 4.69) is 4.98 Å². The normalized spacial score (nSPS) is 14.6. The van der Waals surface area contributed by atoms with Crippen molar-refractivity contribution in [3.05, 3.63) is 35.5 Å². The minimum atomic E-state index is -0.685. The average Bonchev–Trinajstić information content (AvgIpc) is 2.71. The zero-order chi connectivity index (χ0) is 22.8.